The minimum absolute atomic E-state index is 0.0776. The molecule has 0 unspecified atom stereocenters. The van der Waals surface area contributed by atoms with Crippen LogP contribution in [-0.2, 0) is 10.8 Å². The van der Waals surface area contributed by atoms with E-state index in [0.29, 0.717) is 0 Å². The summed E-state index contributed by atoms with van der Waals surface area (Å²) in [7, 11) is 0. The highest BCUT2D eigenvalue weighted by Crippen LogP contribution is 2.61. The predicted octanol–water partition coefficient (Wildman–Crippen LogP) is 11.3. The number of halogens is 2. The monoisotopic (exact) mass is 615 g/mol. The molecule has 4 aromatic rings. The number of hydrogen-bond acceptors (Lipinski definition) is 1. The van der Waals surface area contributed by atoms with Gasteiger partial charge in [0.15, 0.2) is 0 Å². The van der Waals surface area contributed by atoms with E-state index in [0.717, 1.165) is 26.0 Å². The summed E-state index contributed by atoms with van der Waals surface area (Å²) in [6, 6.07) is 31.0. The molecule has 0 N–H and O–H groups in total. The normalized spacial score (nSPS) is 16.9. The quantitative estimate of drug-likeness (QED) is 0.220. The lowest BCUT2D eigenvalue weighted by atomic mass is 9.59. The van der Waals surface area contributed by atoms with Crippen molar-refractivity contribution in [2.45, 2.75) is 59.3 Å². The van der Waals surface area contributed by atoms with Crippen LogP contribution in [0.3, 0.4) is 0 Å². The zero-order chi connectivity index (χ0) is 26.8. The zero-order valence-electron chi connectivity index (χ0n) is 22.8. The van der Waals surface area contributed by atoms with E-state index in [4.69, 9.17) is 0 Å². The van der Waals surface area contributed by atoms with E-state index in [1.54, 1.807) is 0 Å². The van der Waals surface area contributed by atoms with Crippen molar-refractivity contribution >= 4 is 48.9 Å². The second-order valence-corrected chi connectivity index (χ2v) is 13.8. The van der Waals surface area contributed by atoms with Crippen LogP contribution >= 0.6 is 31.9 Å². The maximum absolute atomic E-state index is 3.59. The number of anilines is 3. The van der Waals surface area contributed by atoms with Crippen molar-refractivity contribution in [2.75, 3.05) is 4.90 Å². The van der Waals surface area contributed by atoms with Gasteiger partial charge in [-0.3, -0.25) is 0 Å². The number of hydrogen-bond donors (Lipinski definition) is 0. The molecule has 5 rings (SSSR count). The smallest absolute Gasteiger partial charge is 0.0467 e. The minimum atomic E-state index is 0.0776. The summed E-state index contributed by atoms with van der Waals surface area (Å²) < 4.78 is 2.14. The molecule has 0 atom stereocenters. The molecule has 4 aromatic carbocycles. The van der Waals surface area contributed by atoms with Gasteiger partial charge in [-0.05, 0) is 112 Å². The molecule has 0 aromatic heterocycles. The van der Waals surface area contributed by atoms with Crippen LogP contribution in [0, 0.1) is 12.3 Å². The number of fused-ring (bicyclic) bond motifs is 1. The third-order valence-electron chi connectivity index (χ3n) is 9.45. The van der Waals surface area contributed by atoms with Gasteiger partial charge in [0.2, 0.25) is 0 Å². The molecule has 0 heterocycles. The molecule has 3 heteroatoms. The molecule has 1 aliphatic carbocycles. The number of nitrogens with zero attached hydrogens (tertiary/aromatic N) is 1. The third kappa shape index (κ3) is 4.19. The van der Waals surface area contributed by atoms with E-state index >= 15 is 0 Å². The van der Waals surface area contributed by atoms with Crippen LogP contribution in [0.25, 0.3) is 11.1 Å². The van der Waals surface area contributed by atoms with Gasteiger partial charge in [-0.2, -0.15) is 0 Å². The van der Waals surface area contributed by atoms with Crippen LogP contribution in [0.5, 0.6) is 0 Å². The van der Waals surface area contributed by atoms with E-state index in [-0.39, 0.29) is 16.2 Å². The van der Waals surface area contributed by atoms with Crippen molar-refractivity contribution in [3.05, 3.63) is 111 Å². The van der Waals surface area contributed by atoms with Crippen molar-refractivity contribution in [1.29, 1.82) is 0 Å². The third-order valence-corrected chi connectivity index (χ3v) is 10.5. The number of aryl methyl sites for hydroxylation is 1. The highest BCUT2D eigenvalue weighted by molar-refractivity contribution is 9.10. The SMILES string of the molecule is Cc1ccc(N(c2ccc(Br)cc2)c2ccc(Br)cc2)cc1-c1ccc2c(c1)C(C)(C)C(C)(C)C2(C)C. The molecule has 0 bridgehead atoms. The van der Waals surface area contributed by atoms with Gasteiger partial charge < -0.3 is 4.90 Å². The lowest BCUT2D eigenvalue weighted by molar-refractivity contribution is 0.125. The van der Waals surface area contributed by atoms with Crippen LogP contribution in [0.4, 0.5) is 17.1 Å². The Labute approximate surface area is 239 Å². The Hall–Kier alpha value is -2.36. The molecule has 0 radical (unpaired) electrons. The summed E-state index contributed by atoms with van der Waals surface area (Å²) in [6.07, 6.45) is 0. The summed E-state index contributed by atoms with van der Waals surface area (Å²) in [5.41, 5.74) is 10.5. The molecular formula is C34H35Br2N. The summed E-state index contributed by atoms with van der Waals surface area (Å²) >= 11 is 7.19. The van der Waals surface area contributed by atoms with Crippen molar-refractivity contribution in [3.8, 4) is 11.1 Å². The van der Waals surface area contributed by atoms with Gasteiger partial charge >= 0.3 is 0 Å². The Morgan fingerprint density at radius 3 is 1.57 bits per heavy atom. The first-order valence-electron chi connectivity index (χ1n) is 12.9. The van der Waals surface area contributed by atoms with E-state index in [1.807, 2.05) is 0 Å². The predicted molar refractivity (Wildman–Crippen MR) is 167 cm³/mol. The van der Waals surface area contributed by atoms with Gasteiger partial charge in [-0.1, -0.05) is 97.7 Å². The van der Waals surface area contributed by atoms with Gasteiger partial charge in [-0.15, -0.1) is 0 Å². The summed E-state index contributed by atoms with van der Waals surface area (Å²) in [5, 5.41) is 0. The maximum Gasteiger partial charge on any atom is 0.0467 e. The lowest BCUT2D eigenvalue weighted by Crippen LogP contribution is -2.42. The Morgan fingerprint density at radius 2 is 1.03 bits per heavy atom. The van der Waals surface area contributed by atoms with Crippen LogP contribution in [0.15, 0.2) is 93.9 Å². The minimum Gasteiger partial charge on any atom is -0.310 e. The first kappa shape index (κ1) is 26.3. The molecular weight excluding hydrogens is 582 g/mol. The number of benzene rings is 4. The molecule has 1 aliphatic rings. The maximum atomic E-state index is 3.59. The molecule has 190 valence electrons. The van der Waals surface area contributed by atoms with Gasteiger partial charge in [0.1, 0.15) is 0 Å². The summed E-state index contributed by atoms with van der Waals surface area (Å²) in [5.74, 6) is 0. The standard InChI is InChI=1S/C34H35Br2N/c1-22-8-14-28(37(26-15-10-24(35)11-16-26)27-17-12-25(36)13-18-27)21-29(22)23-9-19-30-31(20-23)33(4,5)34(6,7)32(30,2)3/h8-21H,1-7H3. The first-order valence-corrected chi connectivity index (χ1v) is 14.5. The largest absolute Gasteiger partial charge is 0.310 e. The molecule has 0 saturated heterocycles. The van der Waals surface area contributed by atoms with Gasteiger partial charge in [0, 0.05) is 26.0 Å². The molecule has 0 aliphatic heterocycles. The van der Waals surface area contributed by atoms with Gasteiger partial charge in [0.25, 0.3) is 0 Å². The fraction of sp³-hybridized carbons (Fsp3) is 0.294. The average Bonchev–Trinajstić information content (AvgIpc) is 2.96. The van der Waals surface area contributed by atoms with Crippen LogP contribution in [0.2, 0.25) is 0 Å². The second-order valence-electron chi connectivity index (χ2n) is 11.9. The van der Waals surface area contributed by atoms with Crippen LogP contribution in [-0.4, -0.2) is 0 Å². The second kappa shape index (κ2) is 9.13. The fourth-order valence-corrected chi connectivity index (χ4v) is 6.44. The highest BCUT2D eigenvalue weighted by atomic mass is 79.9. The van der Waals surface area contributed by atoms with E-state index in [9.17, 15) is 0 Å². The summed E-state index contributed by atoms with van der Waals surface area (Å²) in [6.45, 7) is 16.7. The lowest BCUT2D eigenvalue weighted by Gasteiger charge is -2.44. The molecule has 0 saturated carbocycles. The molecule has 1 nitrogen and oxygen atoms in total. The van der Waals surface area contributed by atoms with E-state index < -0.39 is 0 Å². The molecule has 0 amide bonds. The average molecular weight is 617 g/mol. The zero-order valence-corrected chi connectivity index (χ0v) is 26.0. The highest BCUT2D eigenvalue weighted by Gasteiger charge is 2.56. The van der Waals surface area contributed by atoms with E-state index in [1.165, 1.54) is 27.8 Å². The number of rotatable bonds is 4. The van der Waals surface area contributed by atoms with Crippen LogP contribution < -0.4 is 4.90 Å². The summed E-state index contributed by atoms with van der Waals surface area (Å²) in [4.78, 5) is 2.32. The van der Waals surface area contributed by atoms with E-state index in [2.05, 4.69) is 170 Å². The Morgan fingerprint density at radius 1 is 0.541 bits per heavy atom. The van der Waals surface area contributed by atoms with Crippen molar-refractivity contribution in [2.24, 2.45) is 5.41 Å². The van der Waals surface area contributed by atoms with Crippen molar-refractivity contribution < 1.29 is 0 Å². The van der Waals surface area contributed by atoms with Gasteiger partial charge in [0.05, 0.1) is 0 Å². The fourth-order valence-electron chi connectivity index (χ4n) is 5.92. The van der Waals surface area contributed by atoms with Gasteiger partial charge in [-0.25, -0.2) is 0 Å². The Kier molecular flexibility index (Phi) is 6.48. The van der Waals surface area contributed by atoms with Crippen molar-refractivity contribution in [1.82, 2.24) is 0 Å². The van der Waals surface area contributed by atoms with Crippen LogP contribution in [0.1, 0.15) is 58.2 Å². The van der Waals surface area contributed by atoms with Crippen molar-refractivity contribution in [3.63, 3.8) is 0 Å². The molecule has 37 heavy (non-hydrogen) atoms. The molecule has 0 fully saturated rings. The Balaban J connectivity index is 1.66. The first-order chi connectivity index (χ1) is 17.3. The Bertz CT molecular complexity index is 1420. The molecule has 0 spiro atoms. The topological polar surface area (TPSA) is 3.24 Å².